The molecule has 2 unspecified atom stereocenters. The van der Waals surface area contributed by atoms with E-state index >= 15 is 0 Å². The van der Waals surface area contributed by atoms with Crippen LogP contribution < -0.4 is 5.32 Å². The lowest BCUT2D eigenvalue weighted by Gasteiger charge is -2.25. The molecule has 1 aromatic heterocycles. The fourth-order valence-corrected chi connectivity index (χ4v) is 3.26. The van der Waals surface area contributed by atoms with Crippen molar-refractivity contribution in [1.82, 2.24) is 20.0 Å². The summed E-state index contributed by atoms with van der Waals surface area (Å²) in [5, 5.41) is 7.23. The highest BCUT2D eigenvalue weighted by Crippen LogP contribution is 2.35. The van der Waals surface area contributed by atoms with Gasteiger partial charge in [-0.05, 0) is 33.1 Å². The van der Waals surface area contributed by atoms with Gasteiger partial charge in [0, 0.05) is 30.8 Å². The van der Waals surface area contributed by atoms with Crippen LogP contribution in [0, 0.1) is 19.8 Å². The molecule has 23 heavy (non-hydrogen) atoms. The van der Waals surface area contributed by atoms with Crippen molar-refractivity contribution < 1.29 is 9.59 Å². The Morgan fingerprint density at radius 2 is 2.09 bits per heavy atom. The maximum absolute atomic E-state index is 12.6. The lowest BCUT2D eigenvalue weighted by molar-refractivity contribution is -0.134. The molecule has 2 amide bonds. The summed E-state index contributed by atoms with van der Waals surface area (Å²) in [5.74, 6) is -0.114. The van der Waals surface area contributed by atoms with E-state index in [2.05, 4.69) is 10.4 Å². The Hall–Kier alpha value is -1.85. The zero-order chi connectivity index (χ0) is 17.1. The highest BCUT2D eigenvalue weighted by molar-refractivity contribution is 5.86. The molecule has 6 nitrogen and oxygen atoms in total. The monoisotopic (exact) mass is 320 g/mol. The maximum Gasteiger partial charge on any atom is 0.242 e. The Balaban J connectivity index is 2.07. The van der Waals surface area contributed by atoms with Gasteiger partial charge in [-0.1, -0.05) is 13.8 Å². The van der Waals surface area contributed by atoms with Crippen molar-refractivity contribution in [2.24, 2.45) is 13.0 Å². The number of carbonyl (C=O) groups is 2. The molecule has 1 fully saturated rings. The zero-order valence-corrected chi connectivity index (χ0v) is 14.8. The van der Waals surface area contributed by atoms with E-state index in [-0.39, 0.29) is 30.3 Å². The predicted molar refractivity (Wildman–Crippen MR) is 88.8 cm³/mol. The normalized spacial score (nSPS) is 19.0. The van der Waals surface area contributed by atoms with Gasteiger partial charge in [0.25, 0.3) is 0 Å². The average molecular weight is 320 g/mol. The summed E-state index contributed by atoms with van der Waals surface area (Å²) in [4.78, 5) is 26.3. The van der Waals surface area contributed by atoms with E-state index in [9.17, 15) is 9.59 Å². The number of hydrogen-bond acceptors (Lipinski definition) is 3. The zero-order valence-electron chi connectivity index (χ0n) is 14.8. The Bertz CT molecular complexity index is 594. The molecule has 1 aliphatic rings. The number of likely N-dealkylation sites (tertiary alicyclic amines) is 1. The van der Waals surface area contributed by atoms with E-state index in [4.69, 9.17) is 0 Å². The SMILES string of the molecule is CCC(C)C(=O)NCC(=O)N1CCCC1c1c(C)nn(C)c1C. The second-order valence-corrected chi connectivity index (χ2v) is 6.48. The Kier molecular flexibility index (Phi) is 5.44. The smallest absolute Gasteiger partial charge is 0.242 e. The molecule has 1 aliphatic heterocycles. The fraction of sp³-hybridized carbons (Fsp3) is 0.706. The Labute approximate surface area is 138 Å². The summed E-state index contributed by atoms with van der Waals surface area (Å²) in [6.07, 6.45) is 2.72. The third kappa shape index (κ3) is 3.57. The Morgan fingerprint density at radius 3 is 2.65 bits per heavy atom. The van der Waals surface area contributed by atoms with Gasteiger partial charge in [-0.25, -0.2) is 0 Å². The quantitative estimate of drug-likeness (QED) is 0.900. The molecular weight excluding hydrogens is 292 g/mol. The van der Waals surface area contributed by atoms with Crippen molar-refractivity contribution in [3.8, 4) is 0 Å². The highest BCUT2D eigenvalue weighted by Gasteiger charge is 2.33. The minimum atomic E-state index is -0.0556. The van der Waals surface area contributed by atoms with Crippen LogP contribution in [0.15, 0.2) is 0 Å². The van der Waals surface area contributed by atoms with Crippen molar-refractivity contribution in [3.63, 3.8) is 0 Å². The number of rotatable bonds is 5. The topological polar surface area (TPSA) is 67.2 Å². The summed E-state index contributed by atoms with van der Waals surface area (Å²) in [7, 11) is 1.93. The minimum absolute atomic E-state index is 0.00759. The molecule has 0 bridgehead atoms. The van der Waals surface area contributed by atoms with Crippen LogP contribution in [0.1, 0.15) is 56.1 Å². The van der Waals surface area contributed by atoms with Crippen molar-refractivity contribution >= 4 is 11.8 Å². The molecule has 1 saturated heterocycles. The molecule has 0 spiro atoms. The van der Waals surface area contributed by atoms with Crippen LogP contribution in [0.2, 0.25) is 0 Å². The maximum atomic E-state index is 12.6. The summed E-state index contributed by atoms with van der Waals surface area (Å²) in [6, 6.07) is 0.0803. The van der Waals surface area contributed by atoms with Crippen LogP contribution >= 0.6 is 0 Å². The first-order chi connectivity index (χ1) is 10.9. The van der Waals surface area contributed by atoms with Crippen LogP contribution in [0.3, 0.4) is 0 Å². The van der Waals surface area contributed by atoms with Crippen LogP contribution in [0.25, 0.3) is 0 Å². The number of aromatic nitrogens is 2. The van der Waals surface area contributed by atoms with E-state index in [0.29, 0.717) is 0 Å². The van der Waals surface area contributed by atoms with Crippen molar-refractivity contribution in [2.45, 2.75) is 53.0 Å². The van der Waals surface area contributed by atoms with Crippen LogP contribution in [0.5, 0.6) is 0 Å². The molecule has 2 rings (SSSR count). The van der Waals surface area contributed by atoms with Crippen LogP contribution in [0.4, 0.5) is 0 Å². The van der Waals surface area contributed by atoms with Crippen molar-refractivity contribution in [3.05, 3.63) is 17.0 Å². The fourth-order valence-electron chi connectivity index (χ4n) is 3.26. The molecule has 6 heteroatoms. The van der Waals surface area contributed by atoms with Gasteiger partial charge in [0.05, 0.1) is 18.3 Å². The average Bonchev–Trinajstić information content (AvgIpc) is 3.08. The summed E-state index contributed by atoms with van der Waals surface area (Å²) < 4.78 is 1.87. The molecule has 0 radical (unpaired) electrons. The van der Waals surface area contributed by atoms with E-state index in [1.54, 1.807) is 0 Å². The van der Waals surface area contributed by atoms with Gasteiger partial charge in [0.2, 0.25) is 11.8 Å². The highest BCUT2D eigenvalue weighted by atomic mass is 16.2. The van der Waals surface area contributed by atoms with Gasteiger partial charge in [0.1, 0.15) is 0 Å². The van der Waals surface area contributed by atoms with Crippen molar-refractivity contribution in [1.29, 1.82) is 0 Å². The predicted octanol–water partition coefficient (Wildman–Crippen LogP) is 1.86. The van der Waals surface area contributed by atoms with Gasteiger partial charge in [-0.2, -0.15) is 5.10 Å². The third-order valence-electron chi connectivity index (χ3n) is 4.95. The second-order valence-electron chi connectivity index (χ2n) is 6.48. The summed E-state index contributed by atoms with van der Waals surface area (Å²) >= 11 is 0. The number of aryl methyl sites for hydroxylation is 2. The van der Waals surface area contributed by atoms with Crippen molar-refractivity contribution in [2.75, 3.05) is 13.1 Å². The number of hydrogen-bond donors (Lipinski definition) is 1. The van der Waals surface area contributed by atoms with E-state index in [1.165, 1.54) is 0 Å². The number of nitrogens with one attached hydrogen (secondary N) is 1. The van der Waals surface area contributed by atoms with E-state index in [0.717, 1.165) is 42.8 Å². The Morgan fingerprint density at radius 1 is 1.39 bits per heavy atom. The summed E-state index contributed by atoms with van der Waals surface area (Å²) in [6.45, 7) is 8.71. The van der Waals surface area contributed by atoms with E-state index in [1.807, 2.05) is 44.3 Å². The van der Waals surface area contributed by atoms with Crippen LogP contribution in [-0.4, -0.2) is 39.6 Å². The van der Waals surface area contributed by atoms with Gasteiger partial charge in [0.15, 0.2) is 0 Å². The minimum Gasteiger partial charge on any atom is -0.347 e. The van der Waals surface area contributed by atoms with Crippen LogP contribution in [-0.2, 0) is 16.6 Å². The van der Waals surface area contributed by atoms with Gasteiger partial charge in [-0.15, -0.1) is 0 Å². The van der Waals surface area contributed by atoms with Gasteiger partial charge >= 0.3 is 0 Å². The number of nitrogens with zero attached hydrogens (tertiary/aromatic N) is 3. The molecular formula is C17H28N4O2. The molecule has 2 heterocycles. The molecule has 0 aliphatic carbocycles. The second kappa shape index (κ2) is 7.15. The molecule has 2 atom stereocenters. The molecule has 128 valence electrons. The first-order valence-corrected chi connectivity index (χ1v) is 8.44. The first kappa shape index (κ1) is 17.5. The lowest BCUT2D eigenvalue weighted by Crippen LogP contribution is -2.41. The lowest BCUT2D eigenvalue weighted by atomic mass is 10.0. The molecule has 1 aromatic rings. The summed E-state index contributed by atoms with van der Waals surface area (Å²) in [5.41, 5.74) is 3.25. The molecule has 0 aromatic carbocycles. The third-order valence-corrected chi connectivity index (χ3v) is 4.95. The number of carbonyl (C=O) groups excluding carboxylic acids is 2. The van der Waals surface area contributed by atoms with Gasteiger partial charge < -0.3 is 10.2 Å². The van der Waals surface area contributed by atoms with Gasteiger partial charge in [-0.3, -0.25) is 14.3 Å². The standard InChI is InChI=1S/C17H28N4O2/c1-6-11(2)17(23)18-10-15(22)21-9-7-8-14(21)16-12(3)19-20(5)13(16)4/h11,14H,6-10H2,1-5H3,(H,18,23). The number of amides is 2. The largest absolute Gasteiger partial charge is 0.347 e. The first-order valence-electron chi connectivity index (χ1n) is 8.44. The van der Waals surface area contributed by atoms with E-state index < -0.39 is 0 Å². The molecule has 0 saturated carbocycles. The molecule has 1 N–H and O–H groups in total.